The van der Waals surface area contributed by atoms with E-state index in [1.165, 1.54) is 28.1 Å². The zero-order chi connectivity index (χ0) is 44.5. The molecule has 3 aromatic carbocycles. The Balaban J connectivity index is 0.900. The van der Waals surface area contributed by atoms with Gasteiger partial charge in [-0.05, 0) is 126 Å². The number of hydrogen-bond donors (Lipinski definition) is 3. The van der Waals surface area contributed by atoms with Crippen molar-refractivity contribution in [3.8, 4) is 0 Å². The van der Waals surface area contributed by atoms with Gasteiger partial charge in [-0.2, -0.15) is 0 Å². The predicted octanol–water partition coefficient (Wildman–Crippen LogP) is 7.60. The highest BCUT2D eigenvalue weighted by Crippen LogP contribution is 2.35. The number of piperazine rings is 1. The van der Waals surface area contributed by atoms with Gasteiger partial charge in [0, 0.05) is 91.6 Å². The quantitative estimate of drug-likeness (QED) is 0.0696. The number of benzene rings is 3. The van der Waals surface area contributed by atoms with Gasteiger partial charge in [0.2, 0.25) is 17.8 Å². The number of rotatable bonds is 13. The molecule has 63 heavy (non-hydrogen) atoms. The van der Waals surface area contributed by atoms with Crippen LogP contribution in [0.3, 0.4) is 0 Å². The number of hydrogen-bond acceptors (Lipinski definition) is 11. The summed E-state index contributed by atoms with van der Waals surface area (Å²) in [6.07, 6.45) is 6.86. The van der Waals surface area contributed by atoms with Gasteiger partial charge in [0.05, 0.1) is 16.6 Å². The Hall–Kier alpha value is -6.34. The summed E-state index contributed by atoms with van der Waals surface area (Å²) in [5, 5.41) is 10.3. The number of carbonyl (C=O) groups excluding carboxylic acids is 4. The van der Waals surface area contributed by atoms with Crippen LogP contribution in [0.15, 0.2) is 96.4 Å². The van der Waals surface area contributed by atoms with E-state index < -0.39 is 23.8 Å². The van der Waals surface area contributed by atoms with E-state index in [4.69, 9.17) is 4.98 Å². The van der Waals surface area contributed by atoms with E-state index in [9.17, 15) is 19.2 Å². The zero-order valence-electron chi connectivity index (χ0n) is 37.3. The number of carbonyl (C=O) groups is 4. The highest BCUT2D eigenvalue weighted by molar-refractivity contribution is 6.23. The minimum Gasteiger partial charge on any atom is -0.385 e. The second kappa shape index (κ2) is 18.2. The van der Waals surface area contributed by atoms with Crippen LogP contribution in [0.2, 0.25) is 0 Å². The summed E-state index contributed by atoms with van der Waals surface area (Å²) in [7, 11) is 0. The van der Waals surface area contributed by atoms with Gasteiger partial charge in [-0.3, -0.25) is 34.3 Å². The molecule has 1 aromatic heterocycles. The first-order valence-electron chi connectivity index (χ1n) is 22.3. The summed E-state index contributed by atoms with van der Waals surface area (Å²) in [4.78, 5) is 69.0. The lowest BCUT2D eigenvalue weighted by molar-refractivity contribution is -0.136. The van der Waals surface area contributed by atoms with Crippen LogP contribution in [0.5, 0.6) is 0 Å². The molecule has 0 bridgehead atoms. The molecular formula is C50H59N9O4. The molecule has 5 heterocycles. The maximum absolute atomic E-state index is 13.5. The van der Waals surface area contributed by atoms with E-state index in [2.05, 4.69) is 126 Å². The van der Waals surface area contributed by atoms with Crippen LogP contribution < -0.4 is 25.8 Å². The molecule has 13 nitrogen and oxygen atoms in total. The van der Waals surface area contributed by atoms with E-state index in [0.717, 1.165) is 84.7 Å². The number of nitrogens with zero attached hydrogens (tertiary/aromatic N) is 6. The zero-order valence-corrected chi connectivity index (χ0v) is 37.3. The lowest BCUT2D eigenvalue weighted by atomic mass is 9.94. The number of anilines is 4. The van der Waals surface area contributed by atoms with Crippen LogP contribution in [0.25, 0.3) is 16.5 Å². The summed E-state index contributed by atoms with van der Waals surface area (Å²) in [5.74, 6) is -1.41. The van der Waals surface area contributed by atoms with Gasteiger partial charge >= 0.3 is 0 Å². The molecule has 0 aliphatic carbocycles. The number of amides is 4. The van der Waals surface area contributed by atoms with Gasteiger partial charge in [0.1, 0.15) is 6.04 Å². The fraction of sp³-hybridized carbons (Fsp3) is 0.400. The molecule has 0 radical (unpaired) electrons. The smallest absolute Gasteiger partial charge is 0.262 e. The van der Waals surface area contributed by atoms with Crippen molar-refractivity contribution in [3.05, 3.63) is 113 Å². The van der Waals surface area contributed by atoms with E-state index in [-0.39, 0.29) is 30.8 Å². The largest absolute Gasteiger partial charge is 0.385 e. The average Bonchev–Trinajstić information content (AvgIpc) is 3.85. The van der Waals surface area contributed by atoms with E-state index in [1.807, 2.05) is 18.3 Å². The summed E-state index contributed by atoms with van der Waals surface area (Å²) >= 11 is 0. The van der Waals surface area contributed by atoms with Crippen molar-refractivity contribution in [2.75, 3.05) is 47.8 Å². The van der Waals surface area contributed by atoms with Crippen LogP contribution in [0, 0.1) is 0 Å². The molecule has 0 saturated carbocycles. The van der Waals surface area contributed by atoms with Gasteiger partial charge in [-0.25, -0.2) is 9.97 Å². The van der Waals surface area contributed by atoms with Crippen molar-refractivity contribution in [3.63, 3.8) is 0 Å². The summed E-state index contributed by atoms with van der Waals surface area (Å²) in [6, 6.07) is 20.3. The normalized spacial score (nSPS) is 22.0. The monoisotopic (exact) mass is 849 g/mol. The maximum Gasteiger partial charge on any atom is 0.262 e. The van der Waals surface area contributed by atoms with E-state index in [1.54, 1.807) is 12.1 Å². The second-order valence-electron chi connectivity index (χ2n) is 17.7. The van der Waals surface area contributed by atoms with Gasteiger partial charge in [-0.1, -0.05) is 30.7 Å². The van der Waals surface area contributed by atoms with E-state index in [0.29, 0.717) is 23.1 Å². The Bertz CT molecular complexity index is 2510. The van der Waals surface area contributed by atoms with E-state index >= 15 is 0 Å². The molecule has 3 N–H and O–H groups in total. The molecule has 4 atom stereocenters. The Morgan fingerprint density at radius 1 is 0.889 bits per heavy atom. The first-order valence-corrected chi connectivity index (χ1v) is 22.3. The number of allylic oxidation sites excluding steroid dienone is 4. The molecule has 4 aromatic rings. The van der Waals surface area contributed by atoms with Crippen LogP contribution in [-0.4, -0.2) is 100 Å². The van der Waals surface area contributed by atoms with Crippen LogP contribution in [-0.2, 0) is 9.59 Å². The molecule has 3 saturated heterocycles. The lowest BCUT2D eigenvalue weighted by Gasteiger charge is -2.47. The highest BCUT2D eigenvalue weighted by atomic mass is 16.2. The third-order valence-electron chi connectivity index (χ3n) is 13.0. The predicted molar refractivity (Wildman–Crippen MR) is 250 cm³/mol. The fourth-order valence-electron chi connectivity index (χ4n) is 9.94. The molecule has 4 aliphatic rings. The minimum atomic E-state index is -0.976. The molecule has 13 heteroatoms. The third kappa shape index (κ3) is 8.71. The Morgan fingerprint density at radius 2 is 1.62 bits per heavy atom. The van der Waals surface area contributed by atoms with Crippen molar-refractivity contribution in [1.82, 2.24) is 30.4 Å². The highest BCUT2D eigenvalue weighted by Gasteiger charge is 2.45. The Kier molecular flexibility index (Phi) is 12.5. The minimum absolute atomic E-state index is 0.0931. The van der Waals surface area contributed by atoms with Crippen molar-refractivity contribution in [1.29, 1.82) is 0 Å². The van der Waals surface area contributed by atoms with Gasteiger partial charge in [0.15, 0.2) is 0 Å². The summed E-state index contributed by atoms with van der Waals surface area (Å²) < 4.78 is 0. The number of fused-ring (bicyclic) bond motifs is 2. The molecule has 2 unspecified atom stereocenters. The van der Waals surface area contributed by atoms with Gasteiger partial charge in [0.25, 0.3) is 11.8 Å². The van der Waals surface area contributed by atoms with Crippen LogP contribution in [0.4, 0.5) is 23.0 Å². The Labute approximate surface area is 370 Å². The number of imide groups is 2. The van der Waals surface area contributed by atoms with Gasteiger partial charge in [-0.15, -0.1) is 6.58 Å². The molecule has 4 amide bonds. The molecule has 328 valence electrons. The van der Waals surface area contributed by atoms with Gasteiger partial charge < -0.3 is 20.4 Å². The average molecular weight is 850 g/mol. The molecule has 8 rings (SSSR count). The molecule has 0 spiro atoms. The summed E-state index contributed by atoms with van der Waals surface area (Å²) in [5.41, 5.74) is 10.5. The van der Waals surface area contributed by atoms with Crippen LogP contribution >= 0.6 is 0 Å². The number of aromatic nitrogens is 2. The fourth-order valence-corrected chi connectivity index (χ4v) is 9.94. The standard InChI is InChI=1S/C50H59N9O4/c1-8-10-40(33(7)46(30(3)4)51-22-9-2)34-11-12-35-26-52-50(54-43(35)24-34)53-36-13-15-37(16-14-36)58-31(5)27-57(28-32(58)6)39-21-23-56(29-39)38-17-18-41-42(25-38)49(63)59(48(41)62)44-19-20-45(60)55-47(44)61/h8,11-18,24-26,31-32,39,44,51H,1,9-10,19-23,27-29H2,2-7H3,(H,52,53,54)(H,55,60,61)/b40-33+/t31-,32+,39?,44?. The first-order chi connectivity index (χ1) is 30.3. The number of piperidine rings is 1. The molecular weight excluding hydrogens is 791 g/mol. The first kappa shape index (κ1) is 43.3. The van der Waals surface area contributed by atoms with Crippen molar-refractivity contribution >= 4 is 63.1 Å². The van der Waals surface area contributed by atoms with Crippen LogP contribution in [0.1, 0.15) is 99.9 Å². The van der Waals surface area contributed by atoms with Crippen molar-refractivity contribution in [2.45, 2.75) is 97.8 Å². The third-order valence-corrected chi connectivity index (χ3v) is 13.0. The van der Waals surface area contributed by atoms with Crippen molar-refractivity contribution < 1.29 is 19.2 Å². The molecule has 4 aliphatic heterocycles. The number of nitrogens with one attached hydrogen (secondary N) is 3. The maximum atomic E-state index is 13.5. The summed E-state index contributed by atoms with van der Waals surface area (Å²) in [6.45, 7) is 21.7. The Morgan fingerprint density at radius 3 is 2.32 bits per heavy atom. The lowest BCUT2D eigenvalue weighted by Crippen LogP contribution is -2.59. The topological polar surface area (TPSA) is 143 Å². The second-order valence-corrected chi connectivity index (χ2v) is 17.7. The van der Waals surface area contributed by atoms with Crippen molar-refractivity contribution in [2.24, 2.45) is 0 Å². The molecule has 3 fully saturated rings. The SMILES string of the molecule is C=CC/C(=C(/C)C(NCCC)=C(C)C)c1ccc2cnc(Nc3ccc(N4[C@H](C)CN(C5CCN(c6ccc7c(c6)C(=O)N(C6CCC(=O)NC6=O)C7=O)C5)C[C@@H]4C)cc3)nc2c1.